The van der Waals surface area contributed by atoms with Crippen LogP contribution in [0.15, 0.2) is 12.1 Å². The van der Waals surface area contributed by atoms with Gasteiger partial charge >= 0.3 is 0 Å². The smallest absolute Gasteiger partial charge is 0.159 e. The molecule has 0 aliphatic heterocycles. The number of nitrogens with two attached hydrogens (primary N) is 1. The van der Waals surface area contributed by atoms with E-state index in [4.69, 9.17) is 5.73 Å². The van der Waals surface area contributed by atoms with Crippen LogP contribution < -0.4 is 5.73 Å². The lowest BCUT2D eigenvalue weighted by atomic mass is 10.1. The van der Waals surface area contributed by atoms with Gasteiger partial charge in [-0.25, -0.2) is 0 Å². The van der Waals surface area contributed by atoms with E-state index >= 15 is 0 Å². The fourth-order valence-electron chi connectivity index (χ4n) is 2.32. The summed E-state index contributed by atoms with van der Waals surface area (Å²) in [6.07, 6.45) is 2.96. The highest BCUT2D eigenvalue weighted by molar-refractivity contribution is 5.94. The average molecular weight is 216 g/mol. The van der Waals surface area contributed by atoms with Crippen LogP contribution in [0.2, 0.25) is 0 Å². The largest absolute Gasteiger partial charge is 0.504 e. The first-order valence-electron chi connectivity index (χ1n) is 5.29. The molecule has 3 rings (SSSR count). The van der Waals surface area contributed by atoms with Gasteiger partial charge in [0.15, 0.2) is 11.5 Å². The fourth-order valence-corrected chi connectivity index (χ4v) is 2.32. The van der Waals surface area contributed by atoms with Gasteiger partial charge in [-0.2, -0.15) is 0 Å². The standard InChI is InChI=1S/C12H12N2O2/c13-12-6-2-1-3-8(6)14-9-5-11(16)10(15)4-7(9)12/h4-5,15-16H,1-3H2,(H2,13,14). The first kappa shape index (κ1) is 9.27. The first-order valence-corrected chi connectivity index (χ1v) is 5.29. The Morgan fingerprint density at radius 1 is 1.12 bits per heavy atom. The van der Waals surface area contributed by atoms with Crippen molar-refractivity contribution in [2.24, 2.45) is 0 Å². The Morgan fingerprint density at radius 3 is 2.69 bits per heavy atom. The third-order valence-electron chi connectivity index (χ3n) is 3.15. The summed E-state index contributed by atoms with van der Waals surface area (Å²) in [5.74, 6) is -0.309. The molecule has 4 heteroatoms. The lowest BCUT2D eigenvalue weighted by molar-refractivity contribution is 0.405. The summed E-state index contributed by atoms with van der Waals surface area (Å²) >= 11 is 0. The van der Waals surface area contributed by atoms with E-state index in [0.29, 0.717) is 11.2 Å². The minimum atomic E-state index is -0.155. The van der Waals surface area contributed by atoms with E-state index in [1.807, 2.05) is 0 Å². The number of rotatable bonds is 0. The van der Waals surface area contributed by atoms with Gasteiger partial charge < -0.3 is 15.9 Å². The van der Waals surface area contributed by atoms with Crippen molar-refractivity contribution in [3.05, 3.63) is 23.4 Å². The molecule has 2 aromatic rings. The third kappa shape index (κ3) is 1.13. The minimum absolute atomic E-state index is 0.154. The molecule has 0 fully saturated rings. The molecule has 1 aliphatic rings. The van der Waals surface area contributed by atoms with E-state index in [0.717, 1.165) is 35.9 Å². The maximum atomic E-state index is 9.46. The van der Waals surface area contributed by atoms with Gasteiger partial charge in [-0.3, -0.25) is 4.98 Å². The third-order valence-corrected chi connectivity index (χ3v) is 3.15. The zero-order valence-electron chi connectivity index (χ0n) is 8.70. The minimum Gasteiger partial charge on any atom is -0.504 e. The number of anilines is 1. The van der Waals surface area contributed by atoms with Gasteiger partial charge in [-0.15, -0.1) is 0 Å². The van der Waals surface area contributed by atoms with Crippen molar-refractivity contribution in [3.63, 3.8) is 0 Å². The maximum absolute atomic E-state index is 9.46. The molecule has 0 radical (unpaired) electrons. The molecular formula is C12H12N2O2. The summed E-state index contributed by atoms with van der Waals surface area (Å²) < 4.78 is 0. The Labute approximate surface area is 92.4 Å². The number of aromatic hydroxyl groups is 2. The van der Waals surface area contributed by atoms with Crippen molar-refractivity contribution in [1.82, 2.24) is 4.98 Å². The normalized spacial score (nSPS) is 14.2. The predicted octanol–water partition coefficient (Wildman–Crippen LogP) is 1.72. The number of hydrogen-bond donors (Lipinski definition) is 3. The number of nitrogen functional groups attached to an aromatic ring is 1. The van der Waals surface area contributed by atoms with Crippen LogP contribution in [0.25, 0.3) is 10.9 Å². The summed E-state index contributed by atoms with van der Waals surface area (Å²) in [6.45, 7) is 0. The van der Waals surface area contributed by atoms with E-state index in [2.05, 4.69) is 4.98 Å². The van der Waals surface area contributed by atoms with E-state index in [1.165, 1.54) is 12.1 Å². The Bertz CT molecular complexity index is 593. The van der Waals surface area contributed by atoms with Crippen molar-refractivity contribution >= 4 is 16.6 Å². The Kier molecular flexibility index (Phi) is 1.74. The van der Waals surface area contributed by atoms with Crippen LogP contribution in [-0.2, 0) is 12.8 Å². The molecule has 1 aromatic carbocycles. The monoisotopic (exact) mass is 216 g/mol. The van der Waals surface area contributed by atoms with Crippen LogP contribution in [0.4, 0.5) is 5.69 Å². The second-order valence-corrected chi connectivity index (χ2v) is 4.16. The zero-order valence-corrected chi connectivity index (χ0v) is 8.70. The fraction of sp³-hybridized carbons (Fsp3) is 0.250. The van der Waals surface area contributed by atoms with Crippen molar-refractivity contribution in [2.75, 3.05) is 5.73 Å². The molecule has 0 saturated carbocycles. The number of phenols is 2. The maximum Gasteiger partial charge on any atom is 0.159 e. The predicted molar refractivity (Wildman–Crippen MR) is 61.5 cm³/mol. The second kappa shape index (κ2) is 3.01. The molecule has 82 valence electrons. The second-order valence-electron chi connectivity index (χ2n) is 4.16. The van der Waals surface area contributed by atoms with Crippen LogP contribution in [-0.4, -0.2) is 15.2 Å². The van der Waals surface area contributed by atoms with Gasteiger partial charge in [-0.05, 0) is 30.9 Å². The average Bonchev–Trinajstić information content (AvgIpc) is 2.70. The summed E-state index contributed by atoms with van der Waals surface area (Å²) in [6, 6.07) is 2.94. The Balaban J connectivity index is 2.41. The number of pyridine rings is 1. The van der Waals surface area contributed by atoms with Gasteiger partial charge in [0.25, 0.3) is 0 Å². The molecule has 0 unspecified atom stereocenters. The lowest BCUT2D eigenvalue weighted by Gasteiger charge is -2.09. The first-order chi connectivity index (χ1) is 7.66. The Morgan fingerprint density at radius 2 is 1.88 bits per heavy atom. The highest BCUT2D eigenvalue weighted by atomic mass is 16.3. The lowest BCUT2D eigenvalue weighted by Crippen LogP contribution is -1.98. The van der Waals surface area contributed by atoms with Crippen LogP contribution in [0.3, 0.4) is 0 Å². The van der Waals surface area contributed by atoms with E-state index in [1.54, 1.807) is 0 Å². The number of aromatic nitrogens is 1. The molecule has 1 aromatic heterocycles. The van der Waals surface area contributed by atoms with Crippen LogP contribution >= 0.6 is 0 Å². The van der Waals surface area contributed by atoms with Gasteiger partial charge in [-0.1, -0.05) is 0 Å². The van der Waals surface area contributed by atoms with Crippen molar-refractivity contribution < 1.29 is 10.2 Å². The van der Waals surface area contributed by atoms with E-state index in [-0.39, 0.29) is 11.5 Å². The summed E-state index contributed by atoms with van der Waals surface area (Å²) in [7, 11) is 0. The summed E-state index contributed by atoms with van der Waals surface area (Å²) in [5, 5.41) is 19.6. The molecule has 0 spiro atoms. The van der Waals surface area contributed by atoms with E-state index < -0.39 is 0 Å². The molecule has 16 heavy (non-hydrogen) atoms. The van der Waals surface area contributed by atoms with E-state index in [9.17, 15) is 10.2 Å². The summed E-state index contributed by atoms with van der Waals surface area (Å²) in [4.78, 5) is 4.47. The zero-order chi connectivity index (χ0) is 11.3. The SMILES string of the molecule is Nc1c2c(nc3cc(O)c(O)cc13)CCC2. The number of nitrogens with zero attached hydrogens (tertiary/aromatic N) is 1. The molecule has 1 heterocycles. The molecule has 1 aliphatic carbocycles. The molecule has 4 N–H and O–H groups in total. The molecule has 0 atom stereocenters. The molecule has 0 amide bonds. The van der Waals surface area contributed by atoms with Gasteiger partial charge in [0, 0.05) is 22.8 Å². The van der Waals surface area contributed by atoms with Crippen LogP contribution in [0.5, 0.6) is 11.5 Å². The molecule has 4 nitrogen and oxygen atoms in total. The molecule has 0 bridgehead atoms. The molecule has 0 saturated heterocycles. The van der Waals surface area contributed by atoms with Crippen molar-refractivity contribution in [1.29, 1.82) is 0 Å². The quantitative estimate of drug-likeness (QED) is 0.586. The Hall–Kier alpha value is -1.97. The number of benzene rings is 1. The number of aryl methyl sites for hydroxylation is 1. The van der Waals surface area contributed by atoms with Crippen LogP contribution in [0.1, 0.15) is 17.7 Å². The number of fused-ring (bicyclic) bond motifs is 2. The van der Waals surface area contributed by atoms with Crippen molar-refractivity contribution in [2.45, 2.75) is 19.3 Å². The summed E-state index contributed by atoms with van der Waals surface area (Å²) in [5.41, 5.74) is 9.51. The molecular weight excluding hydrogens is 204 g/mol. The highest BCUT2D eigenvalue weighted by Crippen LogP contribution is 2.36. The highest BCUT2D eigenvalue weighted by Gasteiger charge is 2.18. The number of hydrogen-bond acceptors (Lipinski definition) is 4. The van der Waals surface area contributed by atoms with Gasteiger partial charge in [0.2, 0.25) is 0 Å². The topological polar surface area (TPSA) is 79.4 Å². The van der Waals surface area contributed by atoms with Gasteiger partial charge in [0.1, 0.15) is 0 Å². The number of phenolic OH excluding ortho intramolecular Hbond substituents is 2. The van der Waals surface area contributed by atoms with Crippen molar-refractivity contribution in [3.8, 4) is 11.5 Å². The van der Waals surface area contributed by atoms with Crippen LogP contribution in [0, 0.1) is 0 Å². The van der Waals surface area contributed by atoms with Gasteiger partial charge in [0.05, 0.1) is 5.52 Å².